The first-order chi connectivity index (χ1) is 10.0. The highest BCUT2D eigenvalue weighted by atomic mass is 35.5. The van der Waals surface area contributed by atoms with E-state index >= 15 is 0 Å². The molecule has 1 N–H and O–H groups in total. The van der Waals surface area contributed by atoms with Gasteiger partial charge in [-0.05, 0) is 13.8 Å². The Balaban J connectivity index is 2.33. The van der Waals surface area contributed by atoms with E-state index in [4.69, 9.17) is 16.3 Å². The highest BCUT2D eigenvalue weighted by Crippen LogP contribution is 2.24. The lowest BCUT2D eigenvalue weighted by atomic mass is 10.1. The van der Waals surface area contributed by atoms with E-state index in [0.717, 1.165) is 0 Å². The third-order valence-corrected chi connectivity index (χ3v) is 3.37. The zero-order valence-corrected chi connectivity index (χ0v) is 12.6. The number of morpholine rings is 1. The fourth-order valence-corrected chi connectivity index (χ4v) is 2.32. The highest BCUT2D eigenvalue weighted by Gasteiger charge is 2.32. The molecule has 0 aromatic carbocycles. The predicted octanol–water partition coefficient (Wildman–Crippen LogP) is 0.672. The summed E-state index contributed by atoms with van der Waals surface area (Å²) in [5, 5.41) is 2.91. The number of aromatic nitrogens is 2. The topological polar surface area (TPSA) is 84.4 Å². The summed E-state index contributed by atoms with van der Waals surface area (Å²) in [7, 11) is 0. The van der Waals surface area contributed by atoms with Crippen LogP contribution in [0.3, 0.4) is 0 Å². The molecule has 0 saturated carbocycles. The van der Waals surface area contributed by atoms with Crippen LogP contribution in [0.4, 0.5) is 5.82 Å². The Kier molecular flexibility index (Phi) is 5.08. The van der Waals surface area contributed by atoms with Gasteiger partial charge in [0.25, 0.3) is 0 Å². The van der Waals surface area contributed by atoms with Gasteiger partial charge in [0, 0.05) is 12.6 Å². The first-order valence-electron chi connectivity index (χ1n) is 6.65. The number of rotatable bonds is 4. The monoisotopic (exact) mass is 312 g/mol. The molecule has 1 amide bonds. The molecule has 1 atom stereocenters. The summed E-state index contributed by atoms with van der Waals surface area (Å²) < 4.78 is 5.37. The molecule has 1 saturated heterocycles. The Morgan fingerprint density at radius 2 is 2.33 bits per heavy atom. The van der Waals surface area contributed by atoms with Crippen molar-refractivity contribution in [3.8, 4) is 0 Å². The number of carbonyl (C=O) groups is 2. The number of anilines is 1. The minimum absolute atomic E-state index is 0.0146. The van der Waals surface area contributed by atoms with Crippen molar-refractivity contribution in [3.63, 3.8) is 0 Å². The van der Waals surface area contributed by atoms with Crippen LogP contribution in [0.5, 0.6) is 0 Å². The standard InChI is InChI=1S/C13H17ClN4O3/c1-8(2)17-13(20)10-6-21-4-3-18(10)12-9(5-19)11(14)15-7-16-12/h5,7-8,10H,3-4,6H2,1-2H3,(H,17,20). The van der Waals surface area contributed by atoms with Crippen LogP contribution in [-0.4, -0.2) is 54.0 Å². The summed E-state index contributed by atoms with van der Waals surface area (Å²) in [6.07, 6.45) is 1.88. The molecule has 1 aromatic rings. The maximum atomic E-state index is 12.3. The Morgan fingerprint density at radius 1 is 1.57 bits per heavy atom. The van der Waals surface area contributed by atoms with Gasteiger partial charge in [-0.3, -0.25) is 9.59 Å². The molecule has 2 rings (SSSR count). The van der Waals surface area contributed by atoms with Crippen molar-refractivity contribution >= 4 is 29.6 Å². The second kappa shape index (κ2) is 6.82. The molecule has 1 aliphatic heterocycles. The molecule has 0 bridgehead atoms. The Hall–Kier alpha value is -1.73. The predicted molar refractivity (Wildman–Crippen MR) is 77.7 cm³/mol. The SMILES string of the molecule is CC(C)NC(=O)C1COCCN1c1ncnc(Cl)c1C=O. The molecular formula is C13H17ClN4O3. The van der Waals surface area contributed by atoms with Gasteiger partial charge in [0.05, 0.1) is 18.8 Å². The number of nitrogens with one attached hydrogen (secondary N) is 1. The summed E-state index contributed by atoms with van der Waals surface area (Å²) in [6, 6.07) is -0.536. The number of ether oxygens (including phenoxy) is 1. The van der Waals surface area contributed by atoms with E-state index < -0.39 is 6.04 Å². The highest BCUT2D eigenvalue weighted by molar-refractivity contribution is 6.32. The van der Waals surface area contributed by atoms with Crippen LogP contribution >= 0.6 is 11.6 Å². The Morgan fingerprint density at radius 3 is 3.00 bits per heavy atom. The zero-order valence-electron chi connectivity index (χ0n) is 11.9. The second-order valence-electron chi connectivity index (χ2n) is 4.97. The van der Waals surface area contributed by atoms with Crippen LogP contribution < -0.4 is 10.2 Å². The molecule has 1 aliphatic rings. The van der Waals surface area contributed by atoms with Crippen molar-refractivity contribution in [1.82, 2.24) is 15.3 Å². The summed E-state index contributed by atoms with van der Waals surface area (Å²) in [6.45, 7) is 4.89. The van der Waals surface area contributed by atoms with Crippen molar-refractivity contribution in [3.05, 3.63) is 17.0 Å². The van der Waals surface area contributed by atoms with E-state index in [-0.39, 0.29) is 29.3 Å². The Labute approximate surface area is 127 Å². The molecule has 8 heteroatoms. The van der Waals surface area contributed by atoms with Crippen molar-refractivity contribution < 1.29 is 14.3 Å². The molecule has 1 fully saturated rings. The van der Waals surface area contributed by atoms with Crippen molar-refractivity contribution in [1.29, 1.82) is 0 Å². The fraction of sp³-hybridized carbons (Fsp3) is 0.538. The third-order valence-electron chi connectivity index (χ3n) is 3.07. The number of aldehydes is 1. The molecule has 1 aromatic heterocycles. The van der Waals surface area contributed by atoms with Gasteiger partial charge in [-0.1, -0.05) is 11.6 Å². The number of halogens is 1. The lowest BCUT2D eigenvalue weighted by Gasteiger charge is -2.36. The molecule has 7 nitrogen and oxygen atoms in total. The van der Waals surface area contributed by atoms with Gasteiger partial charge < -0.3 is 15.0 Å². The summed E-state index contributed by atoms with van der Waals surface area (Å²) in [5.41, 5.74) is 0.184. The van der Waals surface area contributed by atoms with Crippen molar-refractivity contribution in [2.24, 2.45) is 0 Å². The average molecular weight is 313 g/mol. The fourth-order valence-electron chi connectivity index (χ4n) is 2.15. The minimum atomic E-state index is -0.550. The number of nitrogens with zero attached hydrogens (tertiary/aromatic N) is 3. The van der Waals surface area contributed by atoms with E-state index in [1.54, 1.807) is 4.90 Å². The van der Waals surface area contributed by atoms with E-state index in [1.807, 2.05) is 13.8 Å². The minimum Gasteiger partial charge on any atom is -0.377 e. The van der Waals surface area contributed by atoms with E-state index in [0.29, 0.717) is 25.3 Å². The van der Waals surface area contributed by atoms with E-state index in [2.05, 4.69) is 15.3 Å². The first-order valence-corrected chi connectivity index (χ1v) is 7.02. The molecule has 0 spiro atoms. The maximum absolute atomic E-state index is 12.3. The van der Waals surface area contributed by atoms with Crippen LogP contribution in [-0.2, 0) is 9.53 Å². The summed E-state index contributed by atoms with van der Waals surface area (Å²) >= 11 is 5.92. The van der Waals surface area contributed by atoms with Crippen LogP contribution in [0.25, 0.3) is 0 Å². The van der Waals surface area contributed by atoms with Crippen molar-refractivity contribution in [2.45, 2.75) is 25.9 Å². The maximum Gasteiger partial charge on any atom is 0.245 e. The van der Waals surface area contributed by atoms with E-state index in [1.165, 1.54) is 6.33 Å². The van der Waals surface area contributed by atoms with Crippen molar-refractivity contribution in [2.75, 3.05) is 24.7 Å². The van der Waals surface area contributed by atoms with Gasteiger partial charge in [0.1, 0.15) is 23.3 Å². The summed E-state index contributed by atoms with van der Waals surface area (Å²) in [4.78, 5) is 33.1. The number of hydrogen-bond acceptors (Lipinski definition) is 6. The molecule has 2 heterocycles. The lowest BCUT2D eigenvalue weighted by Crippen LogP contribution is -2.55. The lowest BCUT2D eigenvalue weighted by molar-refractivity contribution is -0.125. The molecule has 1 unspecified atom stereocenters. The number of amides is 1. The van der Waals surface area contributed by atoms with Gasteiger partial charge in [0.15, 0.2) is 6.29 Å². The molecule has 0 aliphatic carbocycles. The van der Waals surface area contributed by atoms with Gasteiger partial charge in [0.2, 0.25) is 5.91 Å². The largest absolute Gasteiger partial charge is 0.377 e. The van der Waals surface area contributed by atoms with Crippen LogP contribution in [0.15, 0.2) is 6.33 Å². The Bertz CT molecular complexity index is 538. The van der Waals surface area contributed by atoms with Crippen LogP contribution in [0.2, 0.25) is 5.15 Å². The first kappa shape index (κ1) is 15.7. The van der Waals surface area contributed by atoms with Crippen LogP contribution in [0, 0.1) is 0 Å². The molecular weight excluding hydrogens is 296 g/mol. The van der Waals surface area contributed by atoms with Gasteiger partial charge in [-0.15, -0.1) is 0 Å². The molecule has 114 valence electrons. The van der Waals surface area contributed by atoms with Crippen LogP contribution in [0.1, 0.15) is 24.2 Å². The average Bonchev–Trinajstić information content (AvgIpc) is 2.46. The third kappa shape index (κ3) is 3.48. The molecule has 21 heavy (non-hydrogen) atoms. The quantitative estimate of drug-likeness (QED) is 0.650. The molecule has 0 radical (unpaired) electrons. The summed E-state index contributed by atoms with van der Waals surface area (Å²) in [5.74, 6) is 0.188. The smallest absolute Gasteiger partial charge is 0.245 e. The second-order valence-corrected chi connectivity index (χ2v) is 5.33. The van der Waals surface area contributed by atoms with Gasteiger partial charge in [-0.2, -0.15) is 0 Å². The number of hydrogen-bond donors (Lipinski definition) is 1. The van der Waals surface area contributed by atoms with Gasteiger partial charge in [-0.25, -0.2) is 9.97 Å². The normalized spacial score (nSPS) is 18.7. The zero-order chi connectivity index (χ0) is 15.4. The van der Waals surface area contributed by atoms with E-state index in [9.17, 15) is 9.59 Å². The number of carbonyl (C=O) groups excluding carboxylic acids is 2. The van der Waals surface area contributed by atoms with Gasteiger partial charge >= 0.3 is 0 Å².